The van der Waals surface area contributed by atoms with E-state index in [-0.39, 0.29) is 29.3 Å². The zero-order chi connectivity index (χ0) is 18.0. The lowest BCUT2D eigenvalue weighted by Crippen LogP contribution is -2.31. The molecule has 1 unspecified atom stereocenters. The molecule has 7 heteroatoms. The molecule has 0 saturated heterocycles. The largest absolute Gasteiger partial charge is 0.350 e. The first-order valence-electron chi connectivity index (χ1n) is 8.28. The number of rotatable bonds is 4. The summed E-state index contributed by atoms with van der Waals surface area (Å²) in [5.41, 5.74) is 1.35. The Morgan fingerprint density at radius 2 is 2.20 bits per heavy atom. The minimum Gasteiger partial charge on any atom is -0.350 e. The number of amides is 1. The van der Waals surface area contributed by atoms with Gasteiger partial charge in [0.05, 0.1) is 24.0 Å². The first kappa shape index (κ1) is 17.7. The standard InChI is InChI=1S/C18H22N4O2S/c1-18(2,3)14-9-16(24)22-13(11-25-17(22)21-14)8-15(23)20-10-12-6-4-5-7-19-12/h4-7,9,13H,8,10-11H2,1-3H3,(H,20,23). The SMILES string of the molecule is CC(C)(C)c1cc(=O)n2c(n1)SCC2CC(=O)NCc1ccccn1. The molecule has 0 bridgehead atoms. The highest BCUT2D eigenvalue weighted by Gasteiger charge is 2.29. The quantitative estimate of drug-likeness (QED) is 0.849. The predicted molar refractivity (Wildman–Crippen MR) is 97.7 cm³/mol. The Kier molecular flexibility index (Phi) is 4.94. The third kappa shape index (κ3) is 4.10. The van der Waals surface area contributed by atoms with E-state index in [0.29, 0.717) is 17.5 Å². The van der Waals surface area contributed by atoms with Crippen molar-refractivity contribution < 1.29 is 4.79 Å². The van der Waals surface area contributed by atoms with Crippen LogP contribution in [0.25, 0.3) is 0 Å². The molecule has 0 aromatic carbocycles. The highest BCUT2D eigenvalue weighted by atomic mass is 32.2. The second-order valence-corrected chi connectivity index (χ2v) is 8.14. The monoisotopic (exact) mass is 358 g/mol. The highest BCUT2D eigenvalue weighted by Crippen LogP contribution is 2.33. The van der Waals surface area contributed by atoms with E-state index < -0.39 is 0 Å². The molecule has 0 saturated carbocycles. The summed E-state index contributed by atoms with van der Waals surface area (Å²) in [7, 11) is 0. The molecule has 132 valence electrons. The first-order valence-corrected chi connectivity index (χ1v) is 9.26. The summed E-state index contributed by atoms with van der Waals surface area (Å²) in [5.74, 6) is 0.600. The van der Waals surface area contributed by atoms with Crippen molar-refractivity contribution in [3.05, 3.63) is 52.2 Å². The number of nitrogens with one attached hydrogen (secondary N) is 1. The second kappa shape index (κ2) is 7.00. The fraction of sp³-hybridized carbons (Fsp3) is 0.444. The van der Waals surface area contributed by atoms with Gasteiger partial charge in [-0.15, -0.1) is 0 Å². The van der Waals surface area contributed by atoms with E-state index >= 15 is 0 Å². The molecule has 25 heavy (non-hydrogen) atoms. The van der Waals surface area contributed by atoms with E-state index in [1.165, 1.54) is 11.8 Å². The summed E-state index contributed by atoms with van der Waals surface area (Å²) in [6.45, 7) is 6.50. The number of fused-ring (bicyclic) bond motifs is 1. The van der Waals surface area contributed by atoms with Gasteiger partial charge in [0.25, 0.3) is 5.56 Å². The molecule has 0 fully saturated rings. The van der Waals surface area contributed by atoms with Gasteiger partial charge < -0.3 is 5.32 Å². The zero-order valence-corrected chi connectivity index (χ0v) is 15.5. The van der Waals surface area contributed by atoms with E-state index in [1.54, 1.807) is 16.8 Å². The fourth-order valence-electron chi connectivity index (χ4n) is 2.67. The summed E-state index contributed by atoms with van der Waals surface area (Å²) in [6.07, 6.45) is 1.96. The lowest BCUT2D eigenvalue weighted by atomic mass is 9.92. The van der Waals surface area contributed by atoms with Crippen LogP contribution in [0.1, 0.15) is 44.6 Å². The van der Waals surface area contributed by atoms with Crippen LogP contribution in [-0.4, -0.2) is 26.2 Å². The maximum atomic E-state index is 12.5. The topological polar surface area (TPSA) is 76.9 Å². The van der Waals surface area contributed by atoms with E-state index in [9.17, 15) is 9.59 Å². The van der Waals surface area contributed by atoms with Gasteiger partial charge in [0.15, 0.2) is 5.16 Å². The van der Waals surface area contributed by atoms with Crippen molar-refractivity contribution >= 4 is 17.7 Å². The van der Waals surface area contributed by atoms with Crippen LogP contribution in [0.3, 0.4) is 0 Å². The number of aromatic nitrogens is 3. The van der Waals surface area contributed by atoms with Gasteiger partial charge in [-0.25, -0.2) is 4.98 Å². The third-order valence-electron chi connectivity index (χ3n) is 4.07. The summed E-state index contributed by atoms with van der Waals surface area (Å²) < 4.78 is 1.65. The maximum absolute atomic E-state index is 12.5. The van der Waals surface area contributed by atoms with Crippen molar-refractivity contribution in [1.29, 1.82) is 0 Å². The van der Waals surface area contributed by atoms with E-state index in [4.69, 9.17) is 0 Å². The Hall–Kier alpha value is -2.15. The lowest BCUT2D eigenvalue weighted by molar-refractivity contribution is -0.121. The van der Waals surface area contributed by atoms with Crippen molar-refractivity contribution in [2.75, 3.05) is 5.75 Å². The van der Waals surface area contributed by atoms with Crippen molar-refractivity contribution in [3.63, 3.8) is 0 Å². The molecule has 1 N–H and O–H groups in total. The second-order valence-electron chi connectivity index (χ2n) is 7.15. The number of hydrogen-bond acceptors (Lipinski definition) is 5. The summed E-state index contributed by atoms with van der Waals surface area (Å²) >= 11 is 1.54. The van der Waals surface area contributed by atoms with Crippen molar-refractivity contribution in [1.82, 2.24) is 19.9 Å². The molecular weight excluding hydrogens is 336 g/mol. The lowest BCUT2D eigenvalue weighted by Gasteiger charge is -2.19. The number of hydrogen-bond donors (Lipinski definition) is 1. The van der Waals surface area contributed by atoms with Crippen molar-refractivity contribution in [2.24, 2.45) is 0 Å². The normalized spacial score (nSPS) is 16.5. The van der Waals surface area contributed by atoms with E-state index in [2.05, 4.69) is 15.3 Å². The number of thioether (sulfide) groups is 1. The van der Waals surface area contributed by atoms with Gasteiger partial charge in [0, 0.05) is 29.9 Å². The zero-order valence-electron chi connectivity index (χ0n) is 14.7. The molecule has 1 aliphatic rings. The number of carbonyl (C=O) groups excluding carboxylic acids is 1. The molecule has 3 heterocycles. The van der Waals surface area contributed by atoms with Crippen LogP contribution < -0.4 is 10.9 Å². The van der Waals surface area contributed by atoms with Gasteiger partial charge in [-0.1, -0.05) is 38.6 Å². The van der Waals surface area contributed by atoms with Crippen molar-refractivity contribution in [2.45, 2.75) is 50.4 Å². The minimum absolute atomic E-state index is 0.0811. The van der Waals surface area contributed by atoms with Crippen LogP contribution in [0.4, 0.5) is 0 Å². The molecule has 1 amide bonds. The third-order valence-corrected chi connectivity index (χ3v) is 5.17. The van der Waals surface area contributed by atoms with Gasteiger partial charge in [-0.05, 0) is 12.1 Å². The Morgan fingerprint density at radius 3 is 2.88 bits per heavy atom. The average molecular weight is 358 g/mol. The highest BCUT2D eigenvalue weighted by molar-refractivity contribution is 7.99. The minimum atomic E-state index is -0.173. The fourth-order valence-corrected chi connectivity index (χ4v) is 3.82. The smallest absolute Gasteiger partial charge is 0.254 e. The Bertz CT molecular complexity index is 827. The predicted octanol–water partition coefficient (Wildman–Crippen LogP) is 2.29. The molecule has 0 aliphatic carbocycles. The Labute approximate surface area is 151 Å². The van der Waals surface area contributed by atoms with Crippen LogP contribution in [0.5, 0.6) is 0 Å². The molecule has 2 aromatic heterocycles. The molecule has 0 spiro atoms. The maximum Gasteiger partial charge on any atom is 0.254 e. The average Bonchev–Trinajstić information content (AvgIpc) is 2.96. The number of nitrogens with zero attached hydrogens (tertiary/aromatic N) is 3. The van der Waals surface area contributed by atoms with Crippen LogP contribution in [0, 0.1) is 0 Å². The molecule has 6 nitrogen and oxygen atoms in total. The molecule has 0 radical (unpaired) electrons. The van der Waals surface area contributed by atoms with E-state index in [0.717, 1.165) is 11.4 Å². The van der Waals surface area contributed by atoms with Crippen LogP contribution in [0.15, 0.2) is 40.4 Å². The van der Waals surface area contributed by atoms with Gasteiger partial charge in [-0.2, -0.15) is 0 Å². The van der Waals surface area contributed by atoms with Crippen LogP contribution in [-0.2, 0) is 16.8 Å². The van der Waals surface area contributed by atoms with Crippen molar-refractivity contribution in [3.8, 4) is 0 Å². The van der Waals surface area contributed by atoms with Crippen LogP contribution in [0.2, 0.25) is 0 Å². The number of pyridine rings is 1. The molecule has 1 aliphatic heterocycles. The Balaban J connectivity index is 1.69. The van der Waals surface area contributed by atoms with E-state index in [1.807, 2.05) is 39.0 Å². The molecule has 3 rings (SSSR count). The summed E-state index contributed by atoms with van der Waals surface area (Å²) in [4.78, 5) is 33.6. The van der Waals surface area contributed by atoms with Gasteiger partial charge in [0.1, 0.15) is 0 Å². The summed E-state index contributed by atoms with van der Waals surface area (Å²) in [6, 6.07) is 7.02. The molecule has 2 aromatic rings. The summed E-state index contributed by atoms with van der Waals surface area (Å²) in [5, 5.41) is 3.57. The van der Waals surface area contributed by atoms with Gasteiger partial charge >= 0.3 is 0 Å². The van der Waals surface area contributed by atoms with Gasteiger partial charge in [0.2, 0.25) is 5.91 Å². The number of carbonyl (C=O) groups is 1. The van der Waals surface area contributed by atoms with Gasteiger partial charge in [-0.3, -0.25) is 19.1 Å². The Morgan fingerprint density at radius 1 is 1.40 bits per heavy atom. The first-order chi connectivity index (χ1) is 11.8. The van der Waals surface area contributed by atoms with Crippen LogP contribution >= 0.6 is 11.8 Å². The molecular formula is C18H22N4O2S. The molecule has 1 atom stereocenters.